The quantitative estimate of drug-likeness (QED) is 0.830. The Balaban J connectivity index is 2.26. The predicted molar refractivity (Wildman–Crippen MR) is 64.1 cm³/mol. The molecule has 0 unspecified atom stereocenters. The largest absolute Gasteiger partial charge is 0.361 e. The Morgan fingerprint density at radius 1 is 1.53 bits per heavy atom. The normalized spacial score (nSPS) is 22.5. The first-order chi connectivity index (χ1) is 7.89. The third-order valence-electron chi connectivity index (χ3n) is 3.09. The van der Waals surface area contributed by atoms with Crippen molar-refractivity contribution in [3.63, 3.8) is 0 Å². The molecule has 1 aliphatic rings. The maximum absolute atomic E-state index is 11.6. The van der Waals surface area contributed by atoms with E-state index in [9.17, 15) is 8.42 Å². The third-order valence-corrected chi connectivity index (χ3v) is 4.38. The minimum atomic E-state index is -3.16. The molecule has 5 nitrogen and oxygen atoms in total. The summed E-state index contributed by atoms with van der Waals surface area (Å²) in [5, 5.41) is 4.00. The molecule has 1 aromatic heterocycles. The molecule has 1 saturated heterocycles. The van der Waals surface area contributed by atoms with Crippen LogP contribution in [0.15, 0.2) is 10.6 Å². The Labute approximate surface area is 102 Å². The summed E-state index contributed by atoms with van der Waals surface area (Å²) in [6.07, 6.45) is 2.94. The second-order valence-corrected chi connectivity index (χ2v) is 6.78. The van der Waals surface area contributed by atoms with Gasteiger partial charge in [-0.25, -0.2) is 8.42 Å². The van der Waals surface area contributed by atoms with Crippen LogP contribution in [0, 0.1) is 0 Å². The first-order valence-electron chi connectivity index (χ1n) is 5.83. The summed E-state index contributed by atoms with van der Waals surface area (Å²) >= 11 is 0. The van der Waals surface area contributed by atoms with E-state index in [1.54, 1.807) is 0 Å². The fraction of sp³-hybridized carbons (Fsp3) is 0.727. The molecule has 96 valence electrons. The summed E-state index contributed by atoms with van der Waals surface area (Å²) in [6.45, 7) is 4.62. The Kier molecular flexibility index (Phi) is 3.27. The summed E-state index contributed by atoms with van der Waals surface area (Å²) in [6, 6.07) is 1.72. The number of aromatic nitrogens is 1. The first-order valence-corrected chi connectivity index (χ1v) is 7.67. The second-order valence-electron chi connectivity index (χ2n) is 4.84. The molecule has 0 bridgehead atoms. The molecule has 1 aromatic rings. The zero-order valence-electron chi connectivity index (χ0n) is 10.4. The van der Waals surface area contributed by atoms with Crippen LogP contribution < -0.4 is 0 Å². The number of hydrogen-bond donors (Lipinski definition) is 0. The second kappa shape index (κ2) is 4.42. The lowest BCUT2D eigenvalue weighted by Crippen LogP contribution is -2.29. The molecule has 2 rings (SSSR count). The highest BCUT2D eigenvalue weighted by molar-refractivity contribution is 7.88. The maximum Gasteiger partial charge on any atom is 0.211 e. The van der Waals surface area contributed by atoms with Gasteiger partial charge in [-0.3, -0.25) is 0 Å². The summed E-state index contributed by atoms with van der Waals surface area (Å²) in [4.78, 5) is 0. The van der Waals surface area contributed by atoms with Gasteiger partial charge in [-0.1, -0.05) is 19.0 Å². The molecule has 0 saturated carbocycles. The fourth-order valence-corrected chi connectivity index (χ4v) is 3.30. The minimum Gasteiger partial charge on any atom is -0.361 e. The topological polar surface area (TPSA) is 63.4 Å². The average molecular weight is 258 g/mol. The maximum atomic E-state index is 11.6. The summed E-state index contributed by atoms with van der Waals surface area (Å²) in [5.41, 5.74) is 0.733. The van der Waals surface area contributed by atoms with E-state index in [0.29, 0.717) is 6.54 Å². The lowest BCUT2D eigenvalue weighted by molar-refractivity contribution is 0.339. The van der Waals surface area contributed by atoms with Crippen molar-refractivity contribution in [1.82, 2.24) is 9.46 Å². The monoisotopic (exact) mass is 258 g/mol. The van der Waals surface area contributed by atoms with E-state index in [2.05, 4.69) is 5.16 Å². The van der Waals surface area contributed by atoms with E-state index in [0.717, 1.165) is 24.3 Å². The Morgan fingerprint density at radius 2 is 2.24 bits per heavy atom. The molecule has 0 aliphatic carbocycles. The van der Waals surface area contributed by atoms with Gasteiger partial charge in [0.25, 0.3) is 0 Å². The molecule has 1 aliphatic heterocycles. The van der Waals surface area contributed by atoms with Gasteiger partial charge in [0.2, 0.25) is 10.0 Å². The van der Waals surface area contributed by atoms with Gasteiger partial charge < -0.3 is 4.52 Å². The molecule has 0 amide bonds. The van der Waals surface area contributed by atoms with Crippen LogP contribution in [0.4, 0.5) is 0 Å². The predicted octanol–water partition coefficient (Wildman–Crippen LogP) is 1.89. The number of nitrogens with zero attached hydrogens (tertiary/aromatic N) is 2. The van der Waals surface area contributed by atoms with Crippen LogP contribution in [0.2, 0.25) is 0 Å². The lowest BCUT2D eigenvalue weighted by atomic mass is 10.1. The van der Waals surface area contributed by atoms with Crippen molar-refractivity contribution in [2.45, 2.75) is 38.6 Å². The van der Waals surface area contributed by atoms with E-state index in [4.69, 9.17) is 4.52 Å². The van der Waals surface area contributed by atoms with Crippen LogP contribution in [0.1, 0.15) is 50.1 Å². The molecule has 6 heteroatoms. The molecule has 0 radical (unpaired) electrons. The van der Waals surface area contributed by atoms with E-state index in [1.807, 2.05) is 19.9 Å². The van der Waals surface area contributed by atoms with Gasteiger partial charge in [0.1, 0.15) is 11.5 Å². The highest BCUT2D eigenvalue weighted by atomic mass is 32.2. The van der Waals surface area contributed by atoms with E-state index in [-0.39, 0.29) is 12.0 Å². The van der Waals surface area contributed by atoms with Crippen molar-refractivity contribution >= 4 is 10.0 Å². The molecular formula is C11H18N2O3S. The van der Waals surface area contributed by atoms with E-state index >= 15 is 0 Å². The molecular weight excluding hydrogens is 240 g/mol. The number of hydrogen-bond acceptors (Lipinski definition) is 4. The highest BCUT2D eigenvalue weighted by Crippen LogP contribution is 2.34. The Morgan fingerprint density at radius 3 is 2.76 bits per heavy atom. The molecule has 1 atom stereocenters. The third kappa shape index (κ3) is 2.52. The van der Waals surface area contributed by atoms with Crippen molar-refractivity contribution in [2.24, 2.45) is 0 Å². The van der Waals surface area contributed by atoms with E-state index < -0.39 is 10.0 Å². The summed E-state index contributed by atoms with van der Waals surface area (Å²) in [7, 11) is -3.16. The molecule has 0 N–H and O–H groups in total. The molecule has 17 heavy (non-hydrogen) atoms. The van der Waals surface area contributed by atoms with Crippen molar-refractivity contribution < 1.29 is 12.9 Å². The number of sulfonamides is 1. The van der Waals surface area contributed by atoms with Gasteiger partial charge in [0.15, 0.2) is 0 Å². The molecule has 2 heterocycles. The van der Waals surface area contributed by atoms with Crippen LogP contribution in [0.3, 0.4) is 0 Å². The molecule has 0 aromatic carbocycles. The van der Waals surface area contributed by atoms with Gasteiger partial charge in [-0.2, -0.15) is 4.31 Å². The minimum absolute atomic E-state index is 0.152. The number of rotatable bonds is 3. The van der Waals surface area contributed by atoms with Gasteiger partial charge in [0.05, 0.1) is 12.3 Å². The lowest BCUT2D eigenvalue weighted by Gasteiger charge is -2.19. The smallest absolute Gasteiger partial charge is 0.211 e. The summed E-state index contributed by atoms with van der Waals surface area (Å²) in [5.74, 6) is 1.07. The zero-order valence-corrected chi connectivity index (χ0v) is 11.2. The van der Waals surface area contributed by atoms with Crippen molar-refractivity contribution in [3.05, 3.63) is 17.5 Å². The SMILES string of the molecule is CC(C)c1cc([C@@H]2CCCN2S(C)(=O)=O)no1. The van der Waals surface area contributed by atoms with Gasteiger partial charge in [0, 0.05) is 18.5 Å². The van der Waals surface area contributed by atoms with Gasteiger partial charge in [-0.05, 0) is 12.8 Å². The van der Waals surface area contributed by atoms with Crippen LogP contribution >= 0.6 is 0 Å². The molecule has 0 spiro atoms. The van der Waals surface area contributed by atoms with Crippen LogP contribution in [-0.2, 0) is 10.0 Å². The standard InChI is InChI=1S/C11H18N2O3S/c1-8(2)11-7-9(12-16-11)10-5-4-6-13(10)17(3,14)15/h7-8,10H,4-6H2,1-3H3/t10-/m0/s1. The van der Waals surface area contributed by atoms with Crippen LogP contribution in [-0.4, -0.2) is 30.7 Å². The fourth-order valence-electron chi connectivity index (χ4n) is 2.17. The zero-order chi connectivity index (χ0) is 12.6. The average Bonchev–Trinajstić information content (AvgIpc) is 2.85. The van der Waals surface area contributed by atoms with Crippen molar-refractivity contribution in [3.8, 4) is 0 Å². The van der Waals surface area contributed by atoms with Gasteiger partial charge in [-0.15, -0.1) is 0 Å². The van der Waals surface area contributed by atoms with Gasteiger partial charge >= 0.3 is 0 Å². The Bertz CT molecular complexity index is 493. The van der Waals surface area contributed by atoms with Crippen molar-refractivity contribution in [1.29, 1.82) is 0 Å². The van der Waals surface area contributed by atoms with Crippen molar-refractivity contribution in [2.75, 3.05) is 12.8 Å². The first kappa shape index (κ1) is 12.6. The van der Waals surface area contributed by atoms with Crippen LogP contribution in [0.25, 0.3) is 0 Å². The highest BCUT2D eigenvalue weighted by Gasteiger charge is 2.34. The van der Waals surface area contributed by atoms with E-state index in [1.165, 1.54) is 10.6 Å². The van der Waals surface area contributed by atoms with Crippen LogP contribution in [0.5, 0.6) is 0 Å². The molecule has 1 fully saturated rings. The summed E-state index contributed by atoms with van der Waals surface area (Å²) < 4.78 is 30.0. The Hall–Kier alpha value is -0.880.